The molecule has 0 atom stereocenters. The third kappa shape index (κ3) is 2.06. The topological polar surface area (TPSA) is 46.6 Å². The number of hydrogen-bond donors (Lipinski definition) is 0. The van der Waals surface area contributed by atoms with Gasteiger partial charge in [0.15, 0.2) is 6.73 Å². The number of hydrogen-bond acceptors (Lipinski definition) is 4. The predicted octanol–water partition coefficient (Wildman–Crippen LogP) is 2.27. The van der Waals surface area contributed by atoms with Gasteiger partial charge in [-0.25, -0.2) is 0 Å². The Morgan fingerprint density at radius 3 is 2.78 bits per heavy atom. The van der Waals surface area contributed by atoms with Gasteiger partial charge < -0.3 is 9.53 Å². The van der Waals surface area contributed by atoms with Crippen LogP contribution in [0.2, 0.25) is 0 Å². The Hall–Kier alpha value is -1.62. The summed E-state index contributed by atoms with van der Waals surface area (Å²) in [5.74, 6) is 0.457. The highest BCUT2D eigenvalue weighted by molar-refractivity contribution is 7.11. The van der Waals surface area contributed by atoms with Crippen LogP contribution in [0.15, 0.2) is 23.3 Å². The van der Waals surface area contributed by atoms with Gasteiger partial charge in [-0.3, -0.25) is 9.69 Å². The Balaban J connectivity index is 2.41. The van der Waals surface area contributed by atoms with Crippen LogP contribution < -0.4 is 0 Å². The maximum atomic E-state index is 12.5. The van der Waals surface area contributed by atoms with E-state index in [4.69, 9.17) is 4.74 Å². The lowest BCUT2D eigenvalue weighted by atomic mass is 10.0. The van der Waals surface area contributed by atoms with E-state index >= 15 is 0 Å². The fourth-order valence-corrected chi connectivity index (χ4v) is 2.58. The van der Waals surface area contributed by atoms with Gasteiger partial charge in [0.2, 0.25) is 0 Å². The molecule has 1 aliphatic heterocycles. The van der Waals surface area contributed by atoms with Crippen LogP contribution >= 0.6 is 11.3 Å². The van der Waals surface area contributed by atoms with E-state index in [-0.39, 0.29) is 12.6 Å². The van der Waals surface area contributed by atoms with Crippen molar-refractivity contribution in [1.82, 2.24) is 4.90 Å². The fourth-order valence-electron chi connectivity index (χ4n) is 1.77. The fraction of sp³-hybridized carbons (Fsp3) is 0.385. The summed E-state index contributed by atoms with van der Waals surface area (Å²) >= 11 is 1.48. The molecule has 0 saturated carbocycles. The first-order valence-electron chi connectivity index (χ1n) is 5.63. The Bertz CT molecular complexity index is 502. The van der Waals surface area contributed by atoms with E-state index in [1.807, 2.05) is 17.5 Å². The van der Waals surface area contributed by atoms with Crippen molar-refractivity contribution in [3.63, 3.8) is 0 Å². The van der Waals surface area contributed by atoms with E-state index < -0.39 is 5.54 Å². The summed E-state index contributed by atoms with van der Waals surface area (Å²) in [6.45, 7) is 5.30. The molecule has 1 aromatic rings. The van der Waals surface area contributed by atoms with Gasteiger partial charge in [-0.15, -0.1) is 11.3 Å². The second-order valence-corrected chi connectivity index (χ2v) is 5.63. The molecule has 5 heteroatoms. The van der Waals surface area contributed by atoms with Gasteiger partial charge in [0.05, 0.1) is 11.1 Å². The normalized spacial score (nSPS) is 16.8. The minimum Gasteiger partial charge on any atom is -0.477 e. The first kappa shape index (κ1) is 12.8. The molecule has 2 heterocycles. The SMILES string of the molecule is CC1=C(c2cccs2)C(=O)N(C(C)(C)C=O)CO1. The zero-order valence-electron chi connectivity index (χ0n) is 10.6. The van der Waals surface area contributed by atoms with Crippen LogP contribution in [-0.4, -0.2) is 29.4 Å². The molecule has 1 aliphatic rings. The number of ether oxygens (including phenoxy) is 1. The van der Waals surface area contributed by atoms with Crippen molar-refractivity contribution >= 4 is 29.1 Å². The Kier molecular flexibility index (Phi) is 3.26. The summed E-state index contributed by atoms with van der Waals surface area (Å²) in [6, 6.07) is 3.76. The van der Waals surface area contributed by atoms with Gasteiger partial charge in [0.1, 0.15) is 12.0 Å². The summed E-state index contributed by atoms with van der Waals surface area (Å²) in [6.07, 6.45) is 0.765. The minimum absolute atomic E-state index is 0.116. The summed E-state index contributed by atoms with van der Waals surface area (Å²) in [5.41, 5.74) is -0.313. The summed E-state index contributed by atoms with van der Waals surface area (Å²) < 4.78 is 5.52. The molecule has 2 rings (SSSR count). The number of allylic oxidation sites excluding steroid dienone is 1. The molecule has 0 spiro atoms. The third-order valence-electron chi connectivity index (χ3n) is 2.97. The number of amides is 1. The number of carbonyl (C=O) groups is 2. The summed E-state index contributed by atoms with van der Waals surface area (Å²) in [5, 5.41) is 1.91. The van der Waals surface area contributed by atoms with Gasteiger partial charge in [0.25, 0.3) is 5.91 Å². The second kappa shape index (κ2) is 4.57. The molecule has 0 fully saturated rings. The van der Waals surface area contributed by atoms with Crippen LogP contribution in [-0.2, 0) is 14.3 Å². The molecule has 4 nitrogen and oxygen atoms in total. The van der Waals surface area contributed by atoms with E-state index in [1.54, 1.807) is 20.8 Å². The largest absolute Gasteiger partial charge is 0.477 e. The van der Waals surface area contributed by atoms with Gasteiger partial charge in [-0.2, -0.15) is 0 Å². The van der Waals surface area contributed by atoms with Crippen molar-refractivity contribution in [2.24, 2.45) is 0 Å². The molecule has 18 heavy (non-hydrogen) atoms. The molecular formula is C13H15NO3S. The van der Waals surface area contributed by atoms with Gasteiger partial charge in [-0.05, 0) is 32.2 Å². The molecule has 1 amide bonds. The van der Waals surface area contributed by atoms with E-state index in [2.05, 4.69) is 0 Å². The van der Waals surface area contributed by atoms with Crippen LogP contribution in [0.3, 0.4) is 0 Å². The average Bonchev–Trinajstić information content (AvgIpc) is 2.82. The number of nitrogens with zero attached hydrogens (tertiary/aromatic N) is 1. The second-order valence-electron chi connectivity index (χ2n) is 4.69. The van der Waals surface area contributed by atoms with Crippen LogP contribution in [0, 0.1) is 0 Å². The van der Waals surface area contributed by atoms with E-state index in [9.17, 15) is 9.59 Å². The minimum atomic E-state index is -0.861. The lowest BCUT2D eigenvalue weighted by Gasteiger charge is -2.37. The molecule has 0 unspecified atom stereocenters. The molecule has 0 bridgehead atoms. The zero-order valence-corrected chi connectivity index (χ0v) is 11.4. The van der Waals surface area contributed by atoms with Crippen LogP contribution in [0.5, 0.6) is 0 Å². The van der Waals surface area contributed by atoms with Crippen molar-refractivity contribution in [2.75, 3.05) is 6.73 Å². The van der Waals surface area contributed by atoms with Crippen molar-refractivity contribution < 1.29 is 14.3 Å². The van der Waals surface area contributed by atoms with E-state index in [1.165, 1.54) is 16.2 Å². The Labute approximate surface area is 110 Å². The van der Waals surface area contributed by atoms with Crippen LogP contribution in [0.4, 0.5) is 0 Å². The third-order valence-corrected chi connectivity index (χ3v) is 3.86. The molecule has 0 N–H and O–H groups in total. The molecular weight excluding hydrogens is 250 g/mol. The van der Waals surface area contributed by atoms with E-state index in [0.29, 0.717) is 11.3 Å². The highest BCUT2D eigenvalue weighted by Gasteiger charge is 2.37. The quantitative estimate of drug-likeness (QED) is 0.788. The van der Waals surface area contributed by atoms with Gasteiger partial charge in [0, 0.05) is 4.88 Å². The smallest absolute Gasteiger partial charge is 0.262 e. The molecule has 1 aromatic heterocycles. The number of aldehydes is 1. The lowest BCUT2D eigenvalue weighted by molar-refractivity contribution is -0.143. The van der Waals surface area contributed by atoms with E-state index in [0.717, 1.165) is 11.2 Å². The molecule has 0 saturated heterocycles. The van der Waals surface area contributed by atoms with Crippen molar-refractivity contribution in [3.8, 4) is 0 Å². The number of thiophene rings is 1. The molecule has 0 radical (unpaired) electrons. The highest BCUT2D eigenvalue weighted by atomic mass is 32.1. The average molecular weight is 265 g/mol. The Morgan fingerprint density at radius 2 is 2.22 bits per heavy atom. The van der Waals surface area contributed by atoms with Gasteiger partial charge >= 0.3 is 0 Å². The highest BCUT2D eigenvalue weighted by Crippen LogP contribution is 2.31. The number of carbonyl (C=O) groups excluding carboxylic acids is 2. The molecule has 96 valence electrons. The van der Waals surface area contributed by atoms with Crippen molar-refractivity contribution in [2.45, 2.75) is 26.3 Å². The number of rotatable bonds is 3. The predicted molar refractivity (Wildman–Crippen MR) is 69.9 cm³/mol. The van der Waals surface area contributed by atoms with Crippen molar-refractivity contribution in [3.05, 3.63) is 28.1 Å². The monoisotopic (exact) mass is 265 g/mol. The van der Waals surface area contributed by atoms with Crippen LogP contribution in [0.25, 0.3) is 5.57 Å². The Morgan fingerprint density at radius 1 is 1.50 bits per heavy atom. The first-order valence-corrected chi connectivity index (χ1v) is 6.51. The van der Waals surface area contributed by atoms with Crippen LogP contribution in [0.1, 0.15) is 25.6 Å². The zero-order chi connectivity index (χ0) is 13.3. The standard InChI is InChI=1S/C13H15NO3S/c1-9-11(10-5-4-6-18-10)12(16)14(8-17-9)13(2,3)7-15/h4-7H,8H2,1-3H3. The first-order chi connectivity index (χ1) is 8.47. The summed E-state index contributed by atoms with van der Waals surface area (Å²) in [7, 11) is 0. The molecule has 0 aromatic carbocycles. The van der Waals surface area contributed by atoms with Gasteiger partial charge in [-0.1, -0.05) is 6.07 Å². The molecule has 0 aliphatic carbocycles. The lowest BCUT2D eigenvalue weighted by Crippen LogP contribution is -2.52. The van der Waals surface area contributed by atoms with Crippen molar-refractivity contribution in [1.29, 1.82) is 0 Å². The maximum Gasteiger partial charge on any atom is 0.262 e. The maximum absolute atomic E-state index is 12.5. The summed E-state index contributed by atoms with van der Waals surface area (Å²) in [4.78, 5) is 25.9.